The minimum Gasteiger partial charge on any atom is -0.394 e. The van der Waals surface area contributed by atoms with E-state index in [0.717, 1.165) is 6.42 Å². The minimum absolute atomic E-state index is 0.0214. The maximum Gasteiger partial charge on any atom is 0.146 e. The maximum atomic E-state index is 9.12. The first-order chi connectivity index (χ1) is 8.80. The van der Waals surface area contributed by atoms with Crippen LogP contribution < -0.4 is 0 Å². The number of hydrogen-bond acceptors (Lipinski definition) is 7. The smallest absolute Gasteiger partial charge is 0.146 e. The van der Waals surface area contributed by atoms with Crippen LogP contribution in [0.2, 0.25) is 0 Å². The minimum atomic E-state index is -0.146. The molecule has 0 radical (unpaired) electrons. The predicted octanol–water partition coefficient (Wildman–Crippen LogP) is -0.655. The molecule has 7 nitrogen and oxygen atoms in total. The van der Waals surface area contributed by atoms with Gasteiger partial charge in [0.05, 0.1) is 19.2 Å². The molecule has 1 N–H and O–H groups in total. The lowest BCUT2D eigenvalue weighted by Gasteiger charge is -2.22. The summed E-state index contributed by atoms with van der Waals surface area (Å²) in [7, 11) is 3.17. The van der Waals surface area contributed by atoms with Crippen molar-refractivity contribution in [2.75, 3.05) is 41.0 Å². The van der Waals surface area contributed by atoms with Crippen molar-refractivity contribution in [3.63, 3.8) is 0 Å². The molecule has 0 amide bonds. The summed E-state index contributed by atoms with van der Waals surface area (Å²) in [5.74, 6) is 0. The van der Waals surface area contributed by atoms with E-state index >= 15 is 0 Å². The Hall–Kier alpha value is -0.280. The topological polar surface area (TPSA) is 69.6 Å². The van der Waals surface area contributed by atoms with E-state index in [2.05, 4.69) is 0 Å². The van der Waals surface area contributed by atoms with Gasteiger partial charge in [0.1, 0.15) is 31.9 Å². The zero-order valence-corrected chi connectivity index (χ0v) is 10.8. The van der Waals surface area contributed by atoms with Gasteiger partial charge in [-0.15, -0.1) is 0 Å². The zero-order valence-electron chi connectivity index (χ0n) is 10.8. The normalized spacial score (nSPS) is 36.2. The molecule has 0 aliphatic carbocycles. The van der Waals surface area contributed by atoms with Gasteiger partial charge in [-0.05, 0) is 6.42 Å². The zero-order chi connectivity index (χ0) is 13.0. The number of aliphatic hydroxyl groups excluding tert-OH is 1. The molecule has 0 aromatic carbocycles. The second kappa shape index (κ2) is 6.76. The molecule has 0 aromatic heterocycles. The van der Waals surface area contributed by atoms with Gasteiger partial charge in [-0.2, -0.15) is 5.06 Å². The third-order valence-corrected chi connectivity index (χ3v) is 3.25. The van der Waals surface area contributed by atoms with Crippen molar-refractivity contribution in [3.05, 3.63) is 0 Å². The van der Waals surface area contributed by atoms with Gasteiger partial charge in [0, 0.05) is 14.2 Å². The molecule has 2 heterocycles. The second-order valence-electron chi connectivity index (χ2n) is 4.46. The van der Waals surface area contributed by atoms with Crippen LogP contribution in [0.1, 0.15) is 6.42 Å². The summed E-state index contributed by atoms with van der Waals surface area (Å²) in [6.07, 6.45) is 0.353. The Bertz CT molecular complexity index is 254. The molecule has 0 saturated carbocycles. The number of aliphatic hydroxyl groups is 1. The van der Waals surface area contributed by atoms with Crippen LogP contribution in [-0.4, -0.2) is 75.5 Å². The Kier molecular flexibility index (Phi) is 5.31. The molecule has 2 aliphatic heterocycles. The molecule has 7 heteroatoms. The molecule has 2 rings (SSSR count). The second-order valence-corrected chi connectivity index (χ2v) is 4.46. The fourth-order valence-corrected chi connectivity index (χ4v) is 2.48. The first-order valence-corrected chi connectivity index (χ1v) is 6.05. The molecule has 0 unspecified atom stereocenters. The van der Waals surface area contributed by atoms with Crippen LogP contribution in [0.4, 0.5) is 0 Å². The number of hydroxylamine groups is 2. The fraction of sp³-hybridized carbons (Fsp3) is 1.00. The van der Waals surface area contributed by atoms with Crippen LogP contribution in [0.15, 0.2) is 0 Å². The van der Waals surface area contributed by atoms with Crippen molar-refractivity contribution in [2.45, 2.75) is 30.8 Å². The molecule has 18 heavy (non-hydrogen) atoms. The Morgan fingerprint density at radius 1 is 1.22 bits per heavy atom. The van der Waals surface area contributed by atoms with Crippen LogP contribution in [0, 0.1) is 0 Å². The quantitative estimate of drug-likeness (QED) is 0.612. The van der Waals surface area contributed by atoms with E-state index in [1.807, 2.05) is 5.06 Å². The van der Waals surface area contributed by atoms with Crippen LogP contribution in [0.25, 0.3) is 0 Å². The molecular weight excluding hydrogens is 242 g/mol. The lowest BCUT2D eigenvalue weighted by Crippen LogP contribution is -2.37. The molecule has 2 fully saturated rings. The summed E-state index contributed by atoms with van der Waals surface area (Å²) in [4.78, 5) is 5.60. The van der Waals surface area contributed by atoms with Gasteiger partial charge in [-0.1, -0.05) is 0 Å². The third kappa shape index (κ3) is 3.00. The molecule has 2 saturated heterocycles. The van der Waals surface area contributed by atoms with E-state index < -0.39 is 0 Å². The highest BCUT2D eigenvalue weighted by atomic mass is 16.7. The highest BCUT2D eigenvalue weighted by Crippen LogP contribution is 2.33. The number of methoxy groups -OCH3 is 2. The summed E-state index contributed by atoms with van der Waals surface area (Å²) >= 11 is 0. The third-order valence-electron chi connectivity index (χ3n) is 3.25. The van der Waals surface area contributed by atoms with Gasteiger partial charge in [0.2, 0.25) is 0 Å². The Morgan fingerprint density at radius 3 is 2.61 bits per heavy atom. The SMILES string of the molecule is COCO[C@@H]1[C@H]2C[C@H](CO)ON2C[C@H]1OCOC. The number of ether oxygens (including phenoxy) is 4. The monoisotopic (exact) mass is 263 g/mol. The van der Waals surface area contributed by atoms with Gasteiger partial charge in [0.25, 0.3) is 0 Å². The molecule has 2 aliphatic rings. The molecule has 4 atom stereocenters. The Morgan fingerprint density at radius 2 is 1.94 bits per heavy atom. The van der Waals surface area contributed by atoms with E-state index in [4.69, 9.17) is 28.9 Å². The maximum absolute atomic E-state index is 9.12. The van der Waals surface area contributed by atoms with Gasteiger partial charge in [-0.25, -0.2) is 0 Å². The number of fused-ring (bicyclic) bond motifs is 1. The van der Waals surface area contributed by atoms with Crippen molar-refractivity contribution >= 4 is 0 Å². The van der Waals surface area contributed by atoms with E-state index in [1.54, 1.807) is 14.2 Å². The Labute approximate surface area is 106 Å². The van der Waals surface area contributed by atoms with E-state index in [1.165, 1.54) is 0 Å². The molecular formula is C11H21NO6. The van der Waals surface area contributed by atoms with Crippen molar-refractivity contribution in [1.29, 1.82) is 0 Å². The Balaban J connectivity index is 1.93. The molecule has 0 spiro atoms. The average Bonchev–Trinajstić information content (AvgIpc) is 2.91. The fourth-order valence-electron chi connectivity index (χ4n) is 2.48. The van der Waals surface area contributed by atoms with E-state index in [0.29, 0.717) is 6.54 Å². The van der Waals surface area contributed by atoms with Crippen molar-refractivity contribution in [3.8, 4) is 0 Å². The summed E-state index contributed by atoms with van der Waals surface area (Å²) < 4.78 is 21.1. The lowest BCUT2D eigenvalue weighted by molar-refractivity contribution is -0.167. The summed E-state index contributed by atoms with van der Waals surface area (Å²) in [6, 6.07) is 0.0964. The highest BCUT2D eigenvalue weighted by molar-refractivity contribution is 4.96. The number of hydrogen-bond donors (Lipinski definition) is 1. The van der Waals surface area contributed by atoms with Crippen LogP contribution >= 0.6 is 0 Å². The first kappa shape index (κ1) is 14.1. The number of nitrogens with zero attached hydrogens (tertiary/aromatic N) is 1. The first-order valence-electron chi connectivity index (χ1n) is 6.05. The van der Waals surface area contributed by atoms with Gasteiger partial charge in [-0.3, -0.25) is 4.84 Å². The highest BCUT2D eigenvalue weighted by Gasteiger charge is 2.49. The van der Waals surface area contributed by atoms with Gasteiger partial charge >= 0.3 is 0 Å². The van der Waals surface area contributed by atoms with E-state index in [-0.39, 0.29) is 44.5 Å². The average molecular weight is 263 g/mol. The molecule has 0 aromatic rings. The molecule has 106 valence electrons. The lowest BCUT2D eigenvalue weighted by atomic mass is 10.1. The van der Waals surface area contributed by atoms with E-state index in [9.17, 15) is 0 Å². The predicted molar refractivity (Wildman–Crippen MR) is 60.6 cm³/mol. The van der Waals surface area contributed by atoms with Crippen LogP contribution in [-0.2, 0) is 23.8 Å². The standard InChI is InChI=1S/C11H21NO6/c1-14-6-16-10-4-12-9(3-8(5-13)18-12)11(10)17-7-15-2/h8-11,13H,3-7H2,1-2H3/t8-,9-,10-,11-/m1/s1. The summed E-state index contributed by atoms with van der Waals surface area (Å²) in [6.45, 7) is 1.07. The van der Waals surface area contributed by atoms with Crippen molar-refractivity contribution in [1.82, 2.24) is 5.06 Å². The van der Waals surface area contributed by atoms with Gasteiger partial charge < -0.3 is 24.1 Å². The van der Waals surface area contributed by atoms with Crippen LogP contribution in [0.5, 0.6) is 0 Å². The van der Waals surface area contributed by atoms with Crippen molar-refractivity contribution < 1.29 is 28.9 Å². The summed E-state index contributed by atoms with van der Waals surface area (Å²) in [5, 5.41) is 11.0. The number of rotatable bonds is 7. The summed E-state index contributed by atoms with van der Waals surface area (Å²) in [5.41, 5.74) is 0. The van der Waals surface area contributed by atoms with Crippen LogP contribution in [0.3, 0.4) is 0 Å². The largest absolute Gasteiger partial charge is 0.394 e. The molecule has 0 bridgehead atoms. The van der Waals surface area contributed by atoms with Gasteiger partial charge in [0.15, 0.2) is 0 Å². The van der Waals surface area contributed by atoms with Crippen molar-refractivity contribution in [2.24, 2.45) is 0 Å².